The maximum Gasteiger partial charge on any atom is 0.325 e. The molecule has 0 unspecified atom stereocenters. The van der Waals surface area contributed by atoms with E-state index in [1.807, 2.05) is 13.8 Å². The van der Waals surface area contributed by atoms with Crippen molar-refractivity contribution in [2.75, 3.05) is 26.2 Å². The summed E-state index contributed by atoms with van der Waals surface area (Å²) in [5.74, 6) is -0.504. The van der Waals surface area contributed by atoms with Gasteiger partial charge in [0, 0.05) is 13.1 Å². The summed E-state index contributed by atoms with van der Waals surface area (Å²) in [6.45, 7) is 5.15. The zero-order valence-corrected chi connectivity index (χ0v) is 10.4. The van der Waals surface area contributed by atoms with Crippen molar-refractivity contribution >= 4 is 17.8 Å². The lowest BCUT2D eigenvalue weighted by Crippen LogP contribution is -2.43. The predicted molar refractivity (Wildman–Crippen MR) is 62.3 cm³/mol. The molecule has 0 aromatic heterocycles. The molecule has 17 heavy (non-hydrogen) atoms. The lowest BCUT2D eigenvalue weighted by atomic mass is 10.3. The molecule has 0 aromatic rings. The number of nitrogens with one attached hydrogen (secondary N) is 1. The van der Waals surface area contributed by atoms with E-state index in [0.29, 0.717) is 13.1 Å². The molecule has 1 aliphatic rings. The van der Waals surface area contributed by atoms with Gasteiger partial charge < -0.3 is 10.2 Å². The summed E-state index contributed by atoms with van der Waals surface area (Å²) in [5.41, 5.74) is 0. The van der Waals surface area contributed by atoms with Gasteiger partial charge in [0.05, 0.1) is 6.54 Å². The van der Waals surface area contributed by atoms with Crippen molar-refractivity contribution in [3.05, 3.63) is 0 Å². The van der Waals surface area contributed by atoms with E-state index in [2.05, 4.69) is 5.32 Å². The average Bonchev–Trinajstić information content (AvgIpc) is 2.60. The summed E-state index contributed by atoms with van der Waals surface area (Å²) in [4.78, 5) is 37.2. The smallest absolute Gasteiger partial charge is 0.325 e. The Balaban J connectivity index is 2.56. The van der Waals surface area contributed by atoms with Crippen LogP contribution in [0.2, 0.25) is 0 Å². The molecule has 0 aliphatic carbocycles. The lowest BCUT2D eigenvalue weighted by molar-refractivity contribution is -0.136. The van der Waals surface area contributed by atoms with Gasteiger partial charge in [0.2, 0.25) is 5.91 Å². The molecular weight excluding hydrogens is 222 g/mol. The second kappa shape index (κ2) is 6.22. The van der Waals surface area contributed by atoms with Crippen molar-refractivity contribution in [1.29, 1.82) is 0 Å². The molecule has 1 aliphatic heterocycles. The number of hydrogen-bond donors (Lipinski definition) is 1. The molecule has 0 saturated carbocycles. The molecule has 1 fully saturated rings. The van der Waals surface area contributed by atoms with Crippen LogP contribution >= 0.6 is 0 Å². The van der Waals surface area contributed by atoms with Crippen LogP contribution in [0.25, 0.3) is 0 Å². The van der Waals surface area contributed by atoms with Gasteiger partial charge >= 0.3 is 6.03 Å². The van der Waals surface area contributed by atoms with E-state index in [4.69, 9.17) is 0 Å². The number of amides is 4. The highest BCUT2D eigenvalue weighted by atomic mass is 16.2. The molecule has 0 atom stereocenters. The second-order valence-corrected chi connectivity index (χ2v) is 4.02. The fraction of sp³-hybridized carbons (Fsp3) is 0.727. The van der Waals surface area contributed by atoms with Crippen molar-refractivity contribution in [3.63, 3.8) is 0 Å². The fourth-order valence-electron chi connectivity index (χ4n) is 1.75. The molecule has 1 rings (SSSR count). The van der Waals surface area contributed by atoms with E-state index >= 15 is 0 Å². The quantitative estimate of drug-likeness (QED) is 0.675. The van der Waals surface area contributed by atoms with E-state index in [1.165, 1.54) is 0 Å². The van der Waals surface area contributed by atoms with Crippen LogP contribution in [-0.4, -0.2) is 53.8 Å². The summed E-state index contributed by atoms with van der Waals surface area (Å²) in [6, 6.07) is -0.476. The number of hydrogen-bond acceptors (Lipinski definition) is 3. The molecule has 0 spiro atoms. The minimum Gasteiger partial charge on any atom is -0.341 e. The van der Waals surface area contributed by atoms with Crippen molar-refractivity contribution in [2.45, 2.75) is 26.7 Å². The predicted octanol–water partition coefficient (Wildman–Crippen LogP) is 0.187. The number of imide groups is 1. The van der Waals surface area contributed by atoms with Crippen LogP contribution in [0.15, 0.2) is 0 Å². The van der Waals surface area contributed by atoms with Gasteiger partial charge in [-0.2, -0.15) is 0 Å². The van der Waals surface area contributed by atoms with Gasteiger partial charge in [-0.1, -0.05) is 13.8 Å². The third kappa shape index (κ3) is 3.44. The first-order chi connectivity index (χ1) is 8.10. The summed E-state index contributed by atoms with van der Waals surface area (Å²) in [7, 11) is 0. The Bertz CT molecular complexity index is 295. The lowest BCUT2D eigenvalue weighted by Gasteiger charge is -2.23. The highest BCUT2D eigenvalue weighted by Crippen LogP contribution is 2.02. The number of carbonyl (C=O) groups excluding carboxylic acids is 3. The molecule has 1 saturated heterocycles. The molecule has 96 valence electrons. The average molecular weight is 241 g/mol. The van der Waals surface area contributed by atoms with Crippen LogP contribution < -0.4 is 5.32 Å². The molecule has 0 aromatic carbocycles. The number of carbonyl (C=O) groups is 3. The van der Waals surface area contributed by atoms with Crippen LogP contribution in [0.5, 0.6) is 0 Å². The minimum absolute atomic E-state index is 0.00628. The maximum absolute atomic E-state index is 11.9. The fourth-order valence-corrected chi connectivity index (χ4v) is 1.75. The third-order valence-electron chi connectivity index (χ3n) is 2.57. The summed E-state index contributed by atoms with van der Waals surface area (Å²) in [6.07, 6.45) is 1.73. The van der Waals surface area contributed by atoms with E-state index < -0.39 is 6.03 Å². The van der Waals surface area contributed by atoms with Gasteiger partial charge in [-0.15, -0.1) is 0 Å². The SMILES string of the molecule is CCCN(CCC)C(=O)CN1C(=O)CNC1=O. The zero-order chi connectivity index (χ0) is 12.8. The zero-order valence-electron chi connectivity index (χ0n) is 10.4. The van der Waals surface area contributed by atoms with Crippen LogP contribution in [0.4, 0.5) is 4.79 Å². The second-order valence-electron chi connectivity index (χ2n) is 4.02. The Hall–Kier alpha value is -1.59. The first-order valence-electron chi connectivity index (χ1n) is 5.96. The van der Waals surface area contributed by atoms with Gasteiger partial charge in [0.1, 0.15) is 6.54 Å². The van der Waals surface area contributed by atoms with E-state index in [0.717, 1.165) is 17.7 Å². The van der Waals surface area contributed by atoms with E-state index in [1.54, 1.807) is 4.90 Å². The molecule has 1 N–H and O–H groups in total. The van der Waals surface area contributed by atoms with Crippen LogP contribution in [0.1, 0.15) is 26.7 Å². The first-order valence-corrected chi connectivity index (χ1v) is 5.96. The van der Waals surface area contributed by atoms with Crippen LogP contribution in [-0.2, 0) is 9.59 Å². The normalized spacial score (nSPS) is 15.1. The third-order valence-corrected chi connectivity index (χ3v) is 2.57. The van der Waals surface area contributed by atoms with Gasteiger partial charge in [-0.3, -0.25) is 14.5 Å². The van der Waals surface area contributed by atoms with Crippen LogP contribution in [0.3, 0.4) is 0 Å². The first kappa shape index (κ1) is 13.5. The molecule has 4 amide bonds. The number of rotatable bonds is 6. The molecule has 6 heteroatoms. The Kier molecular flexibility index (Phi) is 4.93. The standard InChI is InChI=1S/C11H19N3O3/c1-3-5-13(6-4-2)10(16)8-14-9(15)7-12-11(14)17/h3-8H2,1-2H3,(H,12,17). The Morgan fingerprint density at radius 2 is 1.88 bits per heavy atom. The van der Waals surface area contributed by atoms with Gasteiger partial charge in [0.25, 0.3) is 5.91 Å². The van der Waals surface area contributed by atoms with E-state index in [-0.39, 0.29) is 24.9 Å². The molecule has 1 heterocycles. The number of nitrogens with zero attached hydrogens (tertiary/aromatic N) is 2. The van der Waals surface area contributed by atoms with Gasteiger partial charge in [0.15, 0.2) is 0 Å². The van der Waals surface area contributed by atoms with Crippen molar-refractivity contribution in [1.82, 2.24) is 15.1 Å². The highest BCUT2D eigenvalue weighted by molar-refractivity contribution is 6.04. The van der Waals surface area contributed by atoms with Crippen molar-refractivity contribution < 1.29 is 14.4 Å². The molecule has 6 nitrogen and oxygen atoms in total. The minimum atomic E-state index is -0.476. The van der Waals surface area contributed by atoms with Crippen molar-refractivity contribution in [2.24, 2.45) is 0 Å². The highest BCUT2D eigenvalue weighted by Gasteiger charge is 2.31. The molecule has 0 radical (unpaired) electrons. The Morgan fingerprint density at radius 1 is 1.29 bits per heavy atom. The maximum atomic E-state index is 11.9. The number of urea groups is 1. The van der Waals surface area contributed by atoms with E-state index in [9.17, 15) is 14.4 Å². The topological polar surface area (TPSA) is 69.7 Å². The van der Waals surface area contributed by atoms with Gasteiger partial charge in [-0.05, 0) is 12.8 Å². The monoisotopic (exact) mass is 241 g/mol. The Morgan fingerprint density at radius 3 is 2.29 bits per heavy atom. The van der Waals surface area contributed by atoms with Crippen LogP contribution in [0, 0.1) is 0 Å². The van der Waals surface area contributed by atoms with Crippen molar-refractivity contribution in [3.8, 4) is 0 Å². The molecule has 0 bridgehead atoms. The largest absolute Gasteiger partial charge is 0.341 e. The summed E-state index contributed by atoms with van der Waals surface area (Å²) < 4.78 is 0. The van der Waals surface area contributed by atoms with Gasteiger partial charge in [-0.25, -0.2) is 4.79 Å². The molecular formula is C11H19N3O3. The Labute approximate surface area is 101 Å². The summed E-state index contributed by atoms with van der Waals surface area (Å²) in [5, 5.41) is 2.39. The summed E-state index contributed by atoms with van der Waals surface area (Å²) >= 11 is 0.